The maximum absolute atomic E-state index is 3.90. The van der Waals surface area contributed by atoms with Crippen LogP contribution in [0.1, 0.15) is 12.8 Å². The van der Waals surface area contributed by atoms with E-state index in [4.69, 9.17) is 0 Å². The molecule has 9 aliphatic rings. The molecule has 0 aromatic rings. The Hall–Kier alpha value is -0.0400. The van der Waals surface area contributed by atoms with Gasteiger partial charge in [-0.1, -0.05) is 0 Å². The molecule has 0 radical (unpaired) electrons. The van der Waals surface area contributed by atoms with E-state index >= 15 is 0 Å². The standard InChI is InChI=1S/C16H19N/c1-5-6(1)12-9-10-13-7-2-8(7)14(10)16(12)4-17-3-15(13,16)11(5)9/h5-14,17H,1-4H2. The van der Waals surface area contributed by atoms with Gasteiger partial charge in [-0.05, 0) is 82.9 Å². The van der Waals surface area contributed by atoms with Gasteiger partial charge < -0.3 is 5.32 Å². The van der Waals surface area contributed by atoms with Crippen LogP contribution < -0.4 is 5.32 Å². The van der Waals surface area contributed by atoms with Crippen molar-refractivity contribution in [1.82, 2.24) is 5.32 Å². The van der Waals surface area contributed by atoms with E-state index in [2.05, 4.69) is 5.32 Å². The zero-order valence-corrected chi connectivity index (χ0v) is 10.1. The van der Waals surface area contributed by atoms with Gasteiger partial charge in [0, 0.05) is 13.1 Å². The van der Waals surface area contributed by atoms with Gasteiger partial charge in [0.25, 0.3) is 0 Å². The number of hydrogen-bond acceptors (Lipinski definition) is 1. The fourth-order valence-electron chi connectivity index (χ4n) is 10.5. The van der Waals surface area contributed by atoms with E-state index in [0.29, 0.717) is 0 Å². The van der Waals surface area contributed by atoms with Crippen molar-refractivity contribution in [1.29, 1.82) is 0 Å². The summed E-state index contributed by atoms with van der Waals surface area (Å²) >= 11 is 0. The summed E-state index contributed by atoms with van der Waals surface area (Å²) in [6, 6.07) is 0. The largest absolute Gasteiger partial charge is 0.316 e. The molecule has 9 fully saturated rings. The van der Waals surface area contributed by atoms with Crippen molar-refractivity contribution < 1.29 is 0 Å². The van der Waals surface area contributed by atoms with Crippen LogP contribution in [0.5, 0.6) is 0 Å². The molecule has 0 aromatic heterocycles. The second-order valence-electron chi connectivity index (χ2n) is 9.07. The lowest BCUT2D eigenvalue weighted by Gasteiger charge is -2.51. The van der Waals surface area contributed by atoms with Crippen molar-refractivity contribution in [2.45, 2.75) is 12.8 Å². The first-order valence-corrected chi connectivity index (χ1v) is 8.12. The van der Waals surface area contributed by atoms with E-state index in [9.17, 15) is 0 Å². The molecule has 8 aliphatic carbocycles. The first kappa shape index (κ1) is 7.53. The predicted octanol–water partition coefficient (Wildman–Crippen LogP) is 1.60. The zero-order chi connectivity index (χ0) is 10.3. The lowest BCUT2D eigenvalue weighted by molar-refractivity contribution is -0.0384. The molecule has 88 valence electrons. The van der Waals surface area contributed by atoms with Crippen LogP contribution in [0.2, 0.25) is 0 Å². The van der Waals surface area contributed by atoms with Gasteiger partial charge in [-0.15, -0.1) is 0 Å². The molecule has 1 N–H and O–H groups in total. The minimum absolute atomic E-state index is 0.882. The normalized spacial score (nSPS) is 93.2. The van der Waals surface area contributed by atoms with Gasteiger partial charge in [-0.3, -0.25) is 0 Å². The fourth-order valence-corrected chi connectivity index (χ4v) is 10.5. The third-order valence-corrected chi connectivity index (χ3v) is 9.81. The predicted molar refractivity (Wildman–Crippen MR) is 61.9 cm³/mol. The van der Waals surface area contributed by atoms with Crippen LogP contribution in [-0.4, -0.2) is 13.1 Å². The molecule has 8 bridgehead atoms. The summed E-state index contributed by atoms with van der Waals surface area (Å²) in [6.07, 6.45) is 3.33. The third kappa shape index (κ3) is 0.393. The second-order valence-corrected chi connectivity index (χ2v) is 9.07. The number of nitrogens with one attached hydrogen (secondary N) is 1. The molecule has 17 heavy (non-hydrogen) atoms. The molecule has 1 heteroatoms. The van der Waals surface area contributed by atoms with E-state index in [1.807, 2.05) is 0 Å². The van der Waals surface area contributed by atoms with Crippen LogP contribution in [0.15, 0.2) is 0 Å². The molecular formula is C16H19N. The maximum Gasteiger partial charge on any atom is 0.00198 e. The zero-order valence-electron chi connectivity index (χ0n) is 10.1. The molecule has 0 aromatic carbocycles. The van der Waals surface area contributed by atoms with Gasteiger partial charge in [0.15, 0.2) is 0 Å². The number of rotatable bonds is 0. The molecule has 1 nitrogen and oxygen atoms in total. The number of hydrogen-bond donors (Lipinski definition) is 1. The van der Waals surface area contributed by atoms with Gasteiger partial charge in [-0.25, -0.2) is 0 Å². The summed E-state index contributed by atoms with van der Waals surface area (Å²) in [4.78, 5) is 0. The van der Waals surface area contributed by atoms with E-state index in [0.717, 1.165) is 10.8 Å². The van der Waals surface area contributed by atoms with Crippen molar-refractivity contribution in [3.8, 4) is 0 Å². The maximum atomic E-state index is 3.90. The van der Waals surface area contributed by atoms with Gasteiger partial charge in [-0.2, -0.15) is 0 Å². The van der Waals surface area contributed by atoms with E-state index < -0.39 is 0 Å². The Morgan fingerprint density at radius 2 is 1.06 bits per heavy atom. The Morgan fingerprint density at radius 1 is 0.647 bits per heavy atom. The minimum atomic E-state index is 0.882. The molecular weight excluding hydrogens is 206 g/mol. The lowest BCUT2D eigenvalue weighted by Crippen LogP contribution is -2.51. The lowest BCUT2D eigenvalue weighted by atomic mass is 9.52. The van der Waals surface area contributed by atoms with Crippen molar-refractivity contribution in [3.63, 3.8) is 0 Å². The summed E-state index contributed by atoms with van der Waals surface area (Å²) in [5.41, 5.74) is 1.76. The molecule has 8 saturated carbocycles. The van der Waals surface area contributed by atoms with Gasteiger partial charge in [0.1, 0.15) is 0 Å². The highest BCUT2D eigenvalue weighted by Crippen LogP contribution is 3.01. The van der Waals surface area contributed by atoms with Crippen LogP contribution in [-0.2, 0) is 0 Å². The van der Waals surface area contributed by atoms with Crippen molar-refractivity contribution >= 4 is 0 Å². The third-order valence-electron chi connectivity index (χ3n) is 9.81. The molecule has 1 saturated heterocycles. The molecule has 2 spiro atoms. The highest BCUT2D eigenvalue weighted by Gasteiger charge is 2.99. The van der Waals surface area contributed by atoms with Crippen LogP contribution in [0, 0.1) is 70.0 Å². The Bertz CT molecular complexity index is 446. The van der Waals surface area contributed by atoms with Crippen LogP contribution in [0.25, 0.3) is 0 Å². The van der Waals surface area contributed by atoms with Crippen LogP contribution in [0.4, 0.5) is 0 Å². The Kier molecular flexibility index (Phi) is 0.717. The summed E-state index contributed by atoms with van der Waals surface area (Å²) in [5.74, 6) is 12.4. The molecule has 9 rings (SSSR count). The summed E-state index contributed by atoms with van der Waals surface area (Å²) < 4.78 is 0. The topological polar surface area (TPSA) is 12.0 Å². The second kappa shape index (κ2) is 1.62. The highest BCUT2D eigenvalue weighted by molar-refractivity contribution is 5.47. The summed E-state index contributed by atoms with van der Waals surface area (Å²) in [5, 5.41) is 3.90. The average Bonchev–Trinajstić information content (AvgIpc) is 2.98. The van der Waals surface area contributed by atoms with Crippen LogP contribution in [0.3, 0.4) is 0 Å². The molecule has 1 aliphatic heterocycles. The van der Waals surface area contributed by atoms with Crippen molar-refractivity contribution in [3.05, 3.63) is 0 Å². The smallest absolute Gasteiger partial charge is 0.00198 e. The first-order valence-electron chi connectivity index (χ1n) is 8.12. The van der Waals surface area contributed by atoms with Crippen molar-refractivity contribution in [2.24, 2.45) is 70.0 Å². The highest BCUT2D eigenvalue weighted by atomic mass is 15.1. The van der Waals surface area contributed by atoms with Gasteiger partial charge in [0.2, 0.25) is 0 Å². The van der Waals surface area contributed by atoms with E-state index in [1.54, 1.807) is 12.8 Å². The SMILES string of the molecule is C1C2C1C1C3C4C5C6CC6C4C14CNCC54C23. The monoisotopic (exact) mass is 225 g/mol. The quantitative estimate of drug-likeness (QED) is 0.660. The van der Waals surface area contributed by atoms with Gasteiger partial charge >= 0.3 is 0 Å². The molecule has 0 amide bonds. The first-order chi connectivity index (χ1) is 8.41. The van der Waals surface area contributed by atoms with Crippen molar-refractivity contribution in [2.75, 3.05) is 13.1 Å². The number of fused-ring (bicyclic) bond motifs is 2. The summed E-state index contributed by atoms with van der Waals surface area (Å²) in [6.45, 7) is 2.91. The van der Waals surface area contributed by atoms with Crippen LogP contribution >= 0.6 is 0 Å². The Balaban J connectivity index is 1.58. The fraction of sp³-hybridized carbons (Fsp3) is 1.00. The van der Waals surface area contributed by atoms with E-state index in [1.165, 1.54) is 72.3 Å². The molecule has 8 unspecified atom stereocenters. The summed E-state index contributed by atoms with van der Waals surface area (Å²) in [7, 11) is 0. The minimum Gasteiger partial charge on any atom is -0.316 e. The van der Waals surface area contributed by atoms with E-state index in [-0.39, 0.29) is 0 Å². The molecule has 8 atom stereocenters. The Morgan fingerprint density at radius 3 is 1.47 bits per heavy atom. The molecule has 1 heterocycles. The Labute approximate surface area is 102 Å². The van der Waals surface area contributed by atoms with Gasteiger partial charge in [0.05, 0.1) is 0 Å². The average molecular weight is 225 g/mol.